The van der Waals surface area contributed by atoms with Gasteiger partial charge in [0.15, 0.2) is 0 Å². The molecule has 0 aliphatic carbocycles. The van der Waals surface area contributed by atoms with Crippen LogP contribution in [0.25, 0.3) is 0 Å². The molecule has 0 aliphatic heterocycles. The Kier molecular flexibility index (Phi) is 11.2. The normalized spacial score (nSPS) is 11.1. The third-order valence-corrected chi connectivity index (χ3v) is 11.2. The second kappa shape index (κ2) is 14.4. The smallest absolute Gasteiger partial charge is 0.116 e. The molecule has 0 spiro atoms. The van der Waals surface area contributed by atoms with E-state index in [4.69, 9.17) is 0 Å². The van der Waals surface area contributed by atoms with Crippen molar-refractivity contribution in [2.75, 3.05) is 0 Å². The minimum absolute atomic E-state index is 0. The van der Waals surface area contributed by atoms with Gasteiger partial charge in [-0.25, -0.2) is 0 Å². The van der Waals surface area contributed by atoms with E-state index in [9.17, 15) is 0 Å². The summed E-state index contributed by atoms with van der Waals surface area (Å²) in [5.41, 5.74) is 2.90. The van der Waals surface area contributed by atoms with Crippen LogP contribution in [0, 0.1) is 0 Å². The van der Waals surface area contributed by atoms with E-state index in [2.05, 4.69) is 122 Å². The largest absolute Gasteiger partial charge is 1.00 e. The number of hydrogen-bond acceptors (Lipinski definition) is 0. The van der Waals surface area contributed by atoms with Gasteiger partial charge < -0.3 is 17.0 Å². The Morgan fingerprint density at radius 1 is 0.457 bits per heavy atom. The van der Waals surface area contributed by atoms with Crippen molar-refractivity contribution in [3.05, 3.63) is 126 Å². The molecular weight excluding hydrogens is 507 g/mol. The Morgan fingerprint density at radius 3 is 1.31 bits per heavy atom. The summed E-state index contributed by atoms with van der Waals surface area (Å²) in [6.07, 6.45) is 10.4. The quantitative estimate of drug-likeness (QED) is 0.172. The van der Waals surface area contributed by atoms with Crippen LogP contribution in [-0.4, -0.2) is 0 Å². The van der Waals surface area contributed by atoms with Gasteiger partial charge in [-0.15, -0.1) is 0 Å². The zero-order valence-corrected chi connectivity index (χ0v) is 23.4. The molecule has 182 valence electrons. The van der Waals surface area contributed by atoms with Crippen molar-refractivity contribution in [1.29, 1.82) is 0 Å². The summed E-state index contributed by atoms with van der Waals surface area (Å²) in [7, 11) is -1.83. The van der Waals surface area contributed by atoms with Crippen LogP contribution in [0.2, 0.25) is 0 Å². The second-order valence-corrected chi connectivity index (χ2v) is 12.8. The average molecular weight is 546 g/mol. The maximum atomic E-state index is 2.38. The van der Waals surface area contributed by atoms with Crippen molar-refractivity contribution in [3.8, 4) is 0 Å². The van der Waals surface area contributed by atoms with Crippen LogP contribution in [-0.2, 0) is 12.6 Å². The summed E-state index contributed by atoms with van der Waals surface area (Å²) in [6.45, 7) is 2.28. The highest BCUT2D eigenvalue weighted by molar-refractivity contribution is 7.95. The Bertz CT molecular complexity index is 996. The zero-order chi connectivity index (χ0) is 23.5. The molecule has 0 N–H and O–H groups in total. The van der Waals surface area contributed by atoms with Crippen LogP contribution in [0.4, 0.5) is 0 Å². The summed E-state index contributed by atoms with van der Waals surface area (Å²) in [6, 6.07) is 43.1. The first-order valence-corrected chi connectivity index (χ1v) is 14.9. The summed E-state index contributed by atoms with van der Waals surface area (Å²) >= 11 is 0. The predicted octanol–water partition coefficient (Wildman–Crippen LogP) is 5.09. The summed E-state index contributed by atoms with van der Waals surface area (Å²) in [5, 5.41) is 4.34. The van der Waals surface area contributed by atoms with E-state index in [-0.39, 0.29) is 17.0 Å². The van der Waals surface area contributed by atoms with Crippen molar-refractivity contribution >= 4 is 23.2 Å². The van der Waals surface area contributed by atoms with Gasteiger partial charge in [-0.1, -0.05) is 118 Å². The monoisotopic (exact) mass is 544 g/mol. The van der Waals surface area contributed by atoms with Crippen LogP contribution in [0.3, 0.4) is 0 Å². The van der Waals surface area contributed by atoms with Gasteiger partial charge in [-0.05, 0) is 60.4 Å². The van der Waals surface area contributed by atoms with Gasteiger partial charge in [0.05, 0.1) is 6.16 Å². The third kappa shape index (κ3) is 7.16. The minimum Gasteiger partial charge on any atom is -1.00 e. The lowest BCUT2D eigenvalue weighted by molar-refractivity contribution is -0.00000684. The maximum absolute atomic E-state index is 2.38. The highest BCUT2D eigenvalue weighted by atomic mass is 79.9. The summed E-state index contributed by atoms with van der Waals surface area (Å²) in [4.78, 5) is 0. The highest BCUT2D eigenvalue weighted by Gasteiger charge is 2.45. The SMILES string of the molecule is CCCCCCCCc1ccc(C[P+](c2ccccc2)(c2ccccc2)c2ccccc2)cc1.[Br-]. The van der Waals surface area contributed by atoms with E-state index in [0.717, 1.165) is 6.16 Å². The van der Waals surface area contributed by atoms with E-state index in [1.165, 1.54) is 72.0 Å². The molecule has 35 heavy (non-hydrogen) atoms. The summed E-state index contributed by atoms with van der Waals surface area (Å²) in [5.74, 6) is 0. The Balaban J connectivity index is 0.00000342. The fourth-order valence-corrected chi connectivity index (χ4v) is 9.21. The molecule has 0 unspecified atom stereocenters. The first-order chi connectivity index (χ1) is 16.8. The van der Waals surface area contributed by atoms with Gasteiger partial charge in [0, 0.05) is 0 Å². The van der Waals surface area contributed by atoms with Gasteiger partial charge in [0.25, 0.3) is 0 Å². The minimum atomic E-state index is -1.83. The van der Waals surface area contributed by atoms with Gasteiger partial charge in [0.1, 0.15) is 23.2 Å². The van der Waals surface area contributed by atoms with Gasteiger partial charge in [-0.3, -0.25) is 0 Å². The molecule has 0 saturated carbocycles. The molecule has 0 bridgehead atoms. The molecule has 0 atom stereocenters. The van der Waals surface area contributed by atoms with Gasteiger partial charge in [0.2, 0.25) is 0 Å². The molecule has 0 nitrogen and oxygen atoms in total. The van der Waals surface area contributed by atoms with Crippen molar-refractivity contribution in [2.24, 2.45) is 0 Å². The molecule has 2 heteroatoms. The number of aryl methyl sites for hydroxylation is 1. The Morgan fingerprint density at radius 2 is 0.857 bits per heavy atom. The molecular formula is C33H38BrP. The van der Waals surface area contributed by atoms with Crippen LogP contribution < -0.4 is 32.9 Å². The molecule has 0 saturated heterocycles. The third-order valence-electron chi connectivity index (χ3n) is 6.85. The number of benzene rings is 4. The van der Waals surface area contributed by atoms with E-state index in [1.54, 1.807) is 0 Å². The molecule has 0 heterocycles. The van der Waals surface area contributed by atoms with Crippen LogP contribution in [0.1, 0.15) is 56.6 Å². The van der Waals surface area contributed by atoms with Crippen molar-refractivity contribution < 1.29 is 17.0 Å². The average Bonchev–Trinajstić information content (AvgIpc) is 2.91. The molecule has 0 radical (unpaired) electrons. The number of rotatable bonds is 12. The van der Waals surface area contributed by atoms with Crippen molar-refractivity contribution in [3.63, 3.8) is 0 Å². The van der Waals surface area contributed by atoms with Crippen LogP contribution >= 0.6 is 7.26 Å². The lowest BCUT2D eigenvalue weighted by atomic mass is 10.0. The molecule has 0 aliphatic rings. The maximum Gasteiger partial charge on any atom is 0.116 e. The van der Waals surface area contributed by atoms with Crippen LogP contribution in [0.5, 0.6) is 0 Å². The van der Waals surface area contributed by atoms with E-state index in [1.807, 2.05) is 0 Å². The van der Waals surface area contributed by atoms with Crippen molar-refractivity contribution in [2.45, 2.75) is 58.0 Å². The first-order valence-electron chi connectivity index (χ1n) is 13.0. The standard InChI is InChI=1S/C33H38P.BrH/c1-2-3-4-5-6-10-17-29-24-26-30(27-25-29)28-34(31-18-11-7-12-19-31,32-20-13-8-14-21-32)33-22-15-9-16-23-33;/h7-9,11-16,18-27H,2-6,10,17,28H2,1H3;1H/q+1;/p-1. The summed E-state index contributed by atoms with van der Waals surface area (Å²) < 4.78 is 0. The fraction of sp³-hybridized carbons (Fsp3) is 0.273. The molecule has 4 aromatic carbocycles. The van der Waals surface area contributed by atoms with E-state index >= 15 is 0 Å². The fourth-order valence-electron chi connectivity index (χ4n) is 4.96. The van der Waals surface area contributed by atoms with Crippen LogP contribution in [0.15, 0.2) is 115 Å². The second-order valence-electron chi connectivity index (χ2n) is 9.31. The molecule has 0 aromatic heterocycles. The Labute approximate surface area is 223 Å². The first kappa shape index (κ1) is 27.4. The lowest BCUT2D eigenvalue weighted by Gasteiger charge is -2.28. The molecule has 4 aromatic rings. The Hall–Kier alpha value is -2.21. The molecule has 0 amide bonds. The van der Waals surface area contributed by atoms with E-state index < -0.39 is 7.26 Å². The topological polar surface area (TPSA) is 0 Å². The molecule has 4 rings (SSSR count). The number of unbranched alkanes of at least 4 members (excludes halogenated alkanes) is 5. The zero-order valence-electron chi connectivity index (χ0n) is 21.0. The number of hydrogen-bond donors (Lipinski definition) is 0. The highest BCUT2D eigenvalue weighted by Crippen LogP contribution is 2.58. The molecule has 0 fully saturated rings. The van der Waals surface area contributed by atoms with E-state index in [0.29, 0.717) is 0 Å². The van der Waals surface area contributed by atoms with Gasteiger partial charge >= 0.3 is 0 Å². The lowest BCUT2D eigenvalue weighted by Crippen LogP contribution is -3.00. The van der Waals surface area contributed by atoms with Crippen molar-refractivity contribution in [1.82, 2.24) is 0 Å². The predicted molar refractivity (Wildman–Crippen MR) is 152 cm³/mol. The van der Waals surface area contributed by atoms with Gasteiger partial charge in [-0.2, -0.15) is 0 Å². The number of halogens is 1.